The summed E-state index contributed by atoms with van der Waals surface area (Å²) in [7, 11) is 1.55. The zero-order valence-corrected chi connectivity index (χ0v) is 19.8. The Morgan fingerprint density at radius 3 is 2.74 bits per heavy atom. The van der Waals surface area contributed by atoms with Crippen molar-refractivity contribution in [2.45, 2.75) is 26.5 Å². The van der Waals surface area contributed by atoms with Gasteiger partial charge in [0.05, 0.1) is 19.8 Å². The number of imidazole rings is 1. The number of H-pyrrole nitrogens is 1. The number of nitrogens with one attached hydrogen (secondary N) is 2. The van der Waals surface area contributed by atoms with Crippen molar-refractivity contribution < 1.29 is 14.6 Å². The molecule has 0 aliphatic carbocycles. The van der Waals surface area contributed by atoms with Gasteiger partial charge in [-0.2, -0.15) is 4.98 Å². The van der Waals surface area contributed by atoms with Crippen LogP contribution in [0.4, 0.5) is 5.95 Å². The number of ether oxygens (including phenoxy) is 2. The summed E-state index contributed by atoms with van der Waals surface area (Å²) in [6, 6.07) is 5.76. The van der Waals surface area contributed by atoms with Gasteiger partial charge in [-0.25, -0.2) is 4.79 Å². The largest absolute Gasteiger partial charge is 0.491 e. The number of nitrogens with zero attached hydrogens (tertiary/aromatic N) is 4. The smallest absolute Gasteiger partial charge is 0.329 e. The molecule has 1 aliphatic rings. The summed E-state index contributed by atoms with van der Waals surface area (Å²) < 4.78 is 14.1. The highest BCUT2D eigenvalue weighted by molar-refractivity contribution is 5.74. The third-order valence-corrected chi connectivity index (χ3v) is 6.14. The van der Waals surface area contributed by atoms with Gasteiger partial charge in [0.1, 0.15) is 18.5 Å². The maximum absolute atomic E-state index is 12.6. The second-order valence-corrected chi connectivity index (χ2v) is 8.63. The summed E-state index contributed by atoms with van der Waals surface area (Å²) in [4.78, 5) is 33.8. The molecule has 1 saturated heterocycles. The zero-order chi connectivity index (χ0) is 24.2. The van der Waals surface area contributed by atoms with Gasteiger partial charge in [0, 0.05) is 33.2 Å². The van der Waals surface area contributed by atoms with Gasteiger partial charge in [0.15, 0.2) is 11.2 Å². The van der Waals surface area contributed by atoms with Crippen molar-refractivity contribution in [1.29, 1.82) is 0 Å². The molecule has 3 heterocycles. The van der Waals surface area contributed by atoms with E-state index < -0.39 is 17.4 Å². The molecule has 34 heavy (non-hydrogen) atoms. The summed E-state index contributed by atoms with van der Waals surface area (Å²) in [5.41, 5.74) is 1.66. The molecule has 0 radical (unpaired) electrons. The van der Waals surface area contributed by atoms with Gasteiger partial charge < -0.3 is 24.5 Å². The number of fused-ring (bicyclic) bond motifs is 1. The molecule has 1 aliphatic heterocycles. The molecule has 1 atom stereocenters. The number of morpholine rings is 1. The molecule has 11 nitrogen and oxygen atoms in total. The Bertz CT molecular complexity index is 1260. The topological polar surface area (TPSA) is 127 Å². The molecular weight excluding hydrogens is 440 g/mol. The van der Waals surface area contributed by atoms with Gasteiger partial charge in [-0.3, -0.25) is 19.2 Å². The van der Waals surface area contributed by atoms with E-state index in [0.717, 1.165) is 30.8 Å². The van der Waals surface area contributed by atoms with E-state index in [1.54, 1.807) is 11.6 Å². The standard InChI is InChI=1S/C23H32N6O5/c1-15-4-5-18(12-16(15)2)34-14-17(30)13-29-19-20(27(3)23(32)26-21(19)31)25-22(29)24-6-7-28-8-10-33-11-9-28/h4-5,12,17,30H,6-11,13-14H2,1-3H3,(H,24,25)(H,26,31,32)/t17-/m1/s1. The molecule has 3 aromatic rings. The highest BCUT2D eigenvalue weighted by Crippen LogP contribution is 2.18. The number of hydrogen-bond acceptors (Lipinski definition) is 8. The van der Waals surface area contributed by atoms with Crippen LogP contribution < -0.4 is 21.3 Å². The van der Waals surface area contributed by atoms with Crippen LogP contribution in [0.1, 0.15) is 11.1 Å². The number of aromatic amines is 1. The van der Waals surface area contributed by atoms with Crippen molar-refractivity contribution >= 4 is 17.1 Å². The Kier molecular flexibility index (Phi) is 7.35. The van der Waals surface area contributed by atoms with Crippen LogP contribution in [-0.2, 0) is 18.3 Å². The fraction of sp³-hybridized carbons (Fsp3) is 0.522. The maximum atomic E-state index is 12.6. The lowest BCUT2D eigenvalue weighted by molar-refractivity contribution is 0.0398. The third kappa shape index (κ3) is 5.32. The lowest BCUT2D eigenvalue weighted by atomic mass is 10.1. The average molecular weight is 473 g/mol. The predicted octanol–water partition coefficient (Wildman–Crippen LogP) is 0.224. The highest BCUT2D eigenvalue weighted by atomic mass is 16.5. The van der Waals surface area contributed by atoms with Crippen LogP contribution in [0, 0.1) is 13.8 Å². The minimum Gasteiger partial charge on any atom is -0.491 e. The Morgan fingerprint density at radius 1 is 1.24 bits per heavy atom. The molecule has 11 heteroatoms. The Hall–Kier alpha value is -3.15. The van der Waals surface area contributed by atoms with Gasteiger partial charge in [0.25, 0.3) is 5.56 Å². The van der Waals surface area contributed by atoms with Gasteiger partial charge >= 0.3 is 5.69 Å². The molecule has 0 spiro atoms. The molecule has 0 bridgehead atoms. The van der Waals surface area contributed by atoms with Gasteiger partial charge in [-0.1, -0.05) is 6.07 Å². The maximum Gasteiger partial charge on any atom is 0.329 e. The molecule has 1 aromatic carbocycles. The lowest BCUT2D eigenvalue weighted by Crippen LogP contribution is -2.39. The van der Waals surface area contributed by atoms with Gasteiger partial charge in [-0.15, -0.1) is 0 Å². The molecule has 2 aromatic heterocycles. The minimum atomic E-state index is -0.907. The van der Waals surface area contributed by atoms with E-state index >= 15 is 0 Å². The van der Waals surface area contributed by atoms with Gasteiger partial charge in [-0.05, 0) is 37.1 Å². The predicted molar refractivity (Wildman–Crippen MR) is 129 cm³/mol. The molecule has 1 fully saturated rings. The average Bonchev–Trinajstić information content (AvgIpc) is 3.17. The van der Waals surface area contributed by atoms with Crippen LogP contribution in [0.2, 0.25) is 0 Å². The number of hydrogen-bond donors (Lipinski definition) is 3. The van der Waals surface area contributed by atoms with E-state index in [4.69, 9.17) is 9.47 Å². The SMILES string of the molecule is Cc1ccc(OC[C@H](O)Cn2c(NCCN3CCOCC3)nc3c2c(=O)[nH]c(=O)n3C)cc1C. The Morgan fingerprint density at radius 2 is 2.00 bits per heavy atom. The number of rotatable bonds is 9. The van der Waals surface area contributed by atoms with Crippen LogP contribution >= 0.6 is 0 Å². The first kappa shape index (κ1) is 24.0. The summed E-state index contributed by atoms with van der Waals surface area (Å²) in [5, 5.41) is 14.0. The molecule has 184 valence electrons. The molecule has 0 saturated carbocycles. The monoisotopic (exact) mass is 472 g/mol. The van der Waals surface area contributed by atoms with Crippen molar-refractivity contribution in [3.63, 3.8) is 0 Å². The van der Waals surface area contributed by atoms with Crippen molar-refractivity contribution in [2.24, 2.45) is 7.05 Å². The first-order chi connectivity index (χ1) is 16.3. The lowest BCUT2D eigenvalue weighted by Gasteiger charge is -2.26. The van der Waals surface area contributed by atoms with Crippen molar-refractivity contribution in [1.82, 2.24) is 24.0 Å². The molecular formula is C23H32N6O5. The number of benzene rings is 1. The normalized spacial score (nSPS) is 15.5. The fourth-order valence-corrected chi connectivity index (χ4v) is 3.96. The van der Waals surface area contributed by atoms with Crippen molar-refractivity contribution in [2.75, 3.05) is 51.3 Å². The highest BCUT2D eigenvalue weighted by Gasteiger charge is 2.20. The first-order valence-electron chi connectivity index (χ1n) is 11.4. The van der Waals surface area contributed by atoms with E-state index in [0.29, 0.717) is 31.5 Å². The minimum absolute atomic E-state index is 0.0407. The van der Waals surface area contributed by atoms with Gasteiger partial charge in [0.2, 0.25) is 5.95 Å². The van der Waals surface area contributed by atoms with Crippen LogP contribution in [0.5, 0.6) is 5.75 Å². The van der Waals surface area contributed by atoms with E-state index in [1.165, 1.54) is 4.57 Å². The van der Waals surface area contributed by atoms with Crippen LogP contribution in [0.3, 0.4) is 0 Å². The van der Waals surface area contributed by atoms with E-state index in [-0.39, 0.29) is 24.3 Å². The van der Waals surface area contributed by atoms with Crippen molar-refractivity contribution in [3.8, 4) is 5.75 Å². The van der Waals surface area contributed by atoms with E-state index in [9.17, 15) is 14.7 Å². The number of aromatic nitrogens is 4. The summed E-state index contributed by atoms with van der Waals surface area (Å²) in [5.74, 6) is 1.09. The molecule has 0 amide bonds. The number of anilines is 1. The molecule has 0 unspecified atom stereocenters. The molecule has 3 N–H and O–H groups in total. The van der Waals surface area contributed by atoms with Crippen LogP contribution in [0.25, 0.3) is 11.2 Å². The Balaban J connectivity index is 1.52. The number of aliphatic hydroxyl groups is 1. The van der Waals surface area contributed by atoms with Crippen LogP contribution in [0.15, 0.2) is 27.8 Å². The summed E-state index contributed by atoms with van der Waals surface area (Å²) in [6.07, 6.45) is -0.907. The fourth-order valence-electron chi connectivity index (χ4n) is 3.96. The second kappa shape index (κ2) is 10.4. The second-order valence-electron chi connectivity index (χ2n) is 8.63. The van der Waals surface area contributed by atoms with E-state index in [2.05, 4.69) is 20.2 Å². The third-order valence-electron chi connectivity index (χ3n) is 6.14. The van der Waals surface area contributed by atoms with Crippen LogP contribution in [-0.4, -0.2) is 81.2 Å². The van der Waals surface area contributed by atoms with E-state index in [1.807, 2.05) is 32.0 Å². The summed E-state index contributed by atoms with van der Waals surface area (Å²) >= 11 is 0. The summed E-state index contributed by atoms with van der Waals surface area (Å²) in [6.45, 7) is 8.65. The van der Waals surface area contributed by atoms with Crippen molar-refractivity contribution in [3.05, 3.63) is 50.2 Å². The number of aryl methyl sites for hydroxylation is 3. The Labute approximate surface area is 196 Å². The quantitative estimate of drug-likeness (QED) is 0.404. The first-order valence-corrected chi connectivity index (χ1v) is 11.4. The number of aliphatic hydroxyl groups excluding tert-OH is 1. The molecule has 4 rings (SSSR count). The zero-order valence-electron chi connectivity index (χ0n) is 19.8.